The van der Waals surface area contributed by atoms with Crippen LogP contribution in [0.3, 0.4) is 0 Å². The third-order valence-electron chi connectivity index (χ3n) is 16.2. The lowest BCUT2D eigenvalue weighted by molar-refractivity contribution is -0.142. The molecule has 4 aromatic carbocycles. The largest absolute Gasteiger partial charge is 0.508 e. The zero-order valence-corrected chi connectivity index (χ0v) is 54.9. The number of hydrogen-bond donors (Lipinski definition) is 15. The minimum atomic E-state index is -1.79. The highest BCUT2D eigenvalue weighted by Gasteiger charge is 2.40. The molecule has 0 radical (unpaired) electrons. The molecule has 2 heterocycles. The van der Waals surface area contributed by atoms with Crippen molar-refractivity contribution in [2.24, 2.45) is 28.1 Å². The van der Waals surface area contributed by atoms with E-state index in [0.29, 0.717) is 28.1 Å². The molecule has 12 amide bonds. The molecule has 2 saturated heterocycles. The van der Waals surface area contributed by atoms with Crippen molar-refractivity contribution in [3.05, 3.63) is 113 Å². The maximum atomic E-state index is 15.0. The van der Waals surface area contributed by atoms with Crippen LogP contribution in [0.25, 0.3) is 10.8 Å². The molecule has 0 spiro atoms. The first-order valence-corrected chi connectivity index (χ1v) is 32.3. The average molecular weight is 1350 g/mol. The SMILES string of the molecule is CC(=O)NC1CCC(=O)N[C@@H](C(=O)N[C@@H](CO)C(=O)N[C@@H](Cc2ccc(O)cc2)C(=O)NC(Cc2ccc3ccccc3c2)C(=O)N[C@H](CC(C)C)C(=O)N[C@@H](CCCN=C(N)N)C(=O)N2CCC[C@@H]2C(=O)NC(C)C(N)=O)CCCNC(=O)[C@@H](Cc2ccc(Cl)cc2)NC1=O. The molecule has 6 rings (SSSR count). The van der Waals surface area contributed by atoms with Crippen molar-refractivity contribution in [3.8, 4) is 5.75 Å². The number of rotatable bonds is 28. The van der Waals surface area contributed by atoms with Gasteiger partial charge in [-0.15, -0.1) is 0 Å². The Kier molecular flexibility index (Phi) is 28.7. The summed E-state index contributed by atoms with van der Waals surface area (Å²) in [7, 11) is 0. The molecule has 10 atom stereocenters. The van der Waals surface area contributed by atoms with E-state index in [9.17, 15) is 58.2 Å². The zero-order valence-electron chi connectivity index (χ0n) is 54.1. The Balaban J connectivity index is 1.25. The lowest BCUT2D eigenvalue weighted by atomic mass is 9.98. The number of carbonyl (C=O) groups is 12. The zero-order chi connectivity index (χ0) is 70.2. The van der Waals surface area contributed by atoms with Crippen LogP contribution >= 0.6 is 11.6 Å². The second-order valence-electron chi connectivity index (χ2n) is 24.4. The van der Waals surface area contributed by atoms with Crippen molar-refractivity contribution in [3.63, 3.8) is 0 Å². The summed E-state index contributed by atoms with van der Waals surface area (Å²) in [5.74, 6) is -9.93. The summed E-state index contributed by atoms with van der Waals surface area (Å²) in [6.07, 6.45) is -0.286. The van der Waals surface area contributed by atoms with Gasteiger partial charge in [-0.3, -0.25) is 62.5 Å². The molecule has 2 aliphatic heterocycles. The van der Waals surface area contributed by atoms with Gasteiger partial charge in [0.2, 0.25) is 70.9 Å². The number of benzene rings is 4. The quantitative estimate of drug-likeness (QED) is 0.0182. The molecule has 2 fully saturated rings. The fourth-order valence-electron chi connectivity index (χ4n) is 11.1. The molecule has 0 saturated carbocycles. The number of phenols is 1. The van der Waals surface area contributed by atoms with Gasteiger partial charge in [0.1, 0.15) is 66.2 Å². The van der Waals surface area contributed by atoms with E-state index in [2.05, 4.69) is 58.2 Å². The van der Waals surface area contributed by atoms with Gasteiger partial charge in [-0.05, 0) is 116 Å². The number of aliphatic hydroxyl groups is 1. The molecule has 18 N–H and O–H groups in total. The molecule has 3 unspecified atom stereocenters. The van der Waals surface area contributed by atoms with Crippen molar-refractivity contribution in [1.82, 2.24) is 58.1 Å². The van der Waals surface area contributed by atoms with Gasteiger partial charge in [-0.25, -0.2) is 0 Å². The Bertz CT molecular complexity index is 3460. The fourth-order valence-corrected chi connectivity index (χ4v) is 11.2. The van der Waals surface area contributed by atoms with Gasteiger partial charge < -0.3 is 85.5 Å². The first-order valence-electron chi connectivity index (χ1n) is 31.9. The first-order chi connectivity index (χ1) is 45.7. The maximum Gasteiger partial charge on any atom is 0.245 e. The summed E-state index contributed by atoms with van der Waals surface area (Å²) in [6, 6.07) is 11.7. The molecule has 29 nitrogen and oxygen atoms in total. The van der Waals surface area contributed by atoms with Crippen LogP contribution in [0, 0.1) is 5.92 Å². The Morgan fingerprint density at radius 1 is 0.667 bits per heavy atom. The number of aliphatic hydroxyl groups excluding tert-OH is 1. The Labute approximate surface area is 560 Å². The van der Waals surface area contributed by atoms with Gasteiger partial charge in [0.05, 0.1) is 6.61 Å². The number of carbonyl (C=O) groups excluding carboxylic acids is 12. The monoisotopic (exact) mass is 1350 g/mol. The minimum absolute atomic E-state index is 0.0154. The van der Waals surface area contributed by atoms with Gasteiger partial charge in [0, 0.05) is 57.3 Å². The van der Waals surface area contributed by atoms with Crippen LogP contribution in [-0.2, 0) is 76.8 Å². The predicted octanol–water partition coefficient (Wildman–Crippen LogP) is -1.11. The second-order valence-corrected chi connectivity index (χ2v) is 24.8. The van der Waals surface area contributed by atoms with E-state index in [1.54, 1.807) is 44.2 Å². The number of guanidine groups is 1. The van der Waals surface area contributed by atoms with Crippen molar-refractivity contribution >= 4 is 99.2 Å². The third kappa shape index (κ3) is 23.5. The number of aromatic hydroxyl groups is 1. The van der Waals surface area contributed by atoms with Crippen LogP contribution in [0.4, 0.5) is 0 Å². The summed E-state index contributed by atoms with van der Waals surface area (Å²) in [4.78, 5) is 172. The van der Waals surface area contributed by atoms with Crippen LogP contribution in [0.1, 0.15) is 102 Å². The highest BCUT2D eigenvalue weighted by molar-refractivity contribution is 6.30. The molecular weight excluding hydrogens is 1260 g/mol. The number of likely N-dealkylation sites (tertiary alicyclic amines) is 1. The van der Waals surface area contributed by atoms with Crippen molar-refractivity contribution in [2.75, 3.05) is 26.2 Å². The normalized spacial score (nSPS) is 18.8. The molecule has 0 bridgehead atoms. The Hall–Kier alpha value is -9.90. The van der Waals surface area contributed by atoms with E-state index in [1.165, 1.54) is 43.0 Å². The van der Waals surface area contributed by atoms with Crippen molar-refractivity contribution in [2.45, 2.75) is 165 Å². The number of primary amides is 1. The van der Waals surface area contributed by atoms with E-state index in [4.69, 9.17) is 28.8 Å². The number of nitrogens with one attached hydrogen (secondary N) is 10. The number of phenolic OH excluding ortho intramolecular Hbond substituents is 1. The number of nitrogens with zero attached hydrogens (tertiary/aromatic N) is 2. The second kappa shape index (κ2) is 36.7. The molecule has 518 valence electrons. The summed E-state index contributed by atoms with van der Waals surface area (Å²) >= 11 is 6.08. The summed E-state index contributed by atoms with van der Waals surface area (Å²) in [5, 5.41) is 49.5. The van der Waals surface area contributed by atoms with Gasteiger partial charge >= 0.3 is 0 Å². The fraction of sp³-hybridized carbons (Fsp3) is 0.470. The van der Waals surface area contributed by atoms with Crippen LogP contribution < -0.4 is 70.4 Å². The summed E-state index contributed by atoms with van der Waals surface area (Å²) < 4.78 is 0. The van der Waals surface area contributed by atoms with E-state index >= 15 is 9.59 Å². The van der Waals surface area contributed by atoms with E-state index in [1.807, 2.05) is 36.4 Å². The molecule has 30 heteroatoms. The topological polar surface area (TPSA) is 459 Å². The average Bonchev–Trinajstić information content (AvgIpc) is 1.51. The van der Waals surface area contributed by atoms with E-state index in [-0.39, 0.29) is 101 Å². The molecule has 0 aliphatic carbocycles. The maximum absolute atomic E-state index is 15.0. The van der Waals surface area contributed by atoms with Crippen molar-refractivity contribution in [1.29, 1.82) is 0 Å². The van der Waals surface area contributed by atoms with Crippen LogP contribution in [0.2, 0.25) is 5.02 Å². The lowest BCUT2D eigenvalue weighted by Gasteiger charge is -2.31. The number of hydrogen-bond acceptors (Lipinski definition) is 15. The number of halogens is 1. The van der Waals surface area contributed by atoms with Gasteiger partial charge in [0.15, 0.2) is 5.96 Å². The first kappa shape index (κ1) is 75.1. The molecular formula is C66H88ClN15O14. The molecule has 96 heavy (non-hydrogen) atoms. The third-order valence-corrected chi connectivity index (χ3v) is 16.4. The Morgan fingerprint density at radius 2 is 1.27 bits per heavy atom. The lowest BCUT2D eigenvalue weighted by Crippen LogP contribution is -2.61. The number of amides is 12. The van der Waals surface area contributed by atoms with Gasteiger partial charge in [-0.2, -0.15) is 0 Å². The van der Waals surface area contributed by atoms with Crippen LogP contribution in [0.15, 0.2) is 96.0 Å². The number of nitrogens with two attached hydrogens (primary N) is 3. The number of aliphatic imine (C=N–C) groups is 1. The summed E-state index contributed by atoms with van der Waals surface area (Å²) in [6.45, 7) is 5.28. The van der Waals surface area contributed by atoms with Crippen molar-refractivity contribution < 1.29 is 67.7 Å². The van der Waals surface area contributed by atoms with E-state index in [0.717, 1.165) is 10.8 Å². The number of fused-ring (bicyclic) bond motifs is 1. The van der Waals surface area contributed by atoms with Crippen LogP contribution in [-0.4, -0.2) is 179 Å². The standard InChI is InChI=1S/C66H88ClN15O14/c1-36(2)30-49(60(91)76-48(13-8-28-72-66(69)70)65(96)82-29-9-14-54(82)64(95)73-37(3)56(68)87)77-62(93)52(34-41-15-20-42-10-5-6-11-43(42)31-41)79-61(92)51(33-40-18-23-45(85)24-19-40)80-63(94)53(35-83)81-58(89)46-12-7-27-71-57(88)50(32-39-16-21-44(67)22-17-39)78-59(90)47(74-38(4)84)25-26-55(86)75-46/h5-6,10-11,15-24,31,36-37,46-54,83,85H,7-9,12-14,25-30,32-35H2,1-4H3,(H2,68,87)(H,71,88)(H,73,95)(H,74,84)(H,75,86)(H,76,91)(H,77,93)(H,78,90)(H,79,92)(H,80,94)(H,81,89)(H4,69,70,72)/t37?,46-,47?,48+,49-,50-,51+,52?,53+,54-/m1/s1. The molecule has 4 aromatic rings. The van der Waals surface area contributed by atoms with Crippen LogP contribution in [0.5, 0.6) is 5.75 Å². The smallest absolute Gasteiger partial charge is 0.245 e. The Morgan fingerprint density at radius 3 is 1.91 bits per heavy atom. The molecule has 2 aliphatic rings. The summed E-state index contributed by atoms with van der Waals surface area (Å²) in [5.41, 5.74) is 18.2. The highest BCUT2D eigenvalue weighted by Crippen LogP contribution is 2.22. The van der Waals surface area contributed by atoms with Gasteiger partial charge in [-0.1, -0.05) is 92.2 Å². The minimum Gasteiger partial charge on any atom is -0.508 e. The predicted molar refractivity (Wildman–Crippen MR) is 355 cm³/mol. The van der Waals surface area contributed by atoms with Gasteiger partial charge in [0.25, 0.3) is 0 Å². The van der Waals surface area contributed by atoms with E-state index < -0.39 is 144 Å². The molecule has 0 aromatic heterocycles. The highest BCUT2D eigenvalue weighted by atomic mass is 35.5.